The SMILES string of the molecule is OC(Cc1ccccc1Cl)c1ccc(F)cc1Cl. The van der Waals surface area contributed by atoms with E-state index in [0.717, 1.165) is 5.56 Å². The topological polar surface area (TPSA) is 20.2 Å². The van der Waals surface area contributed by atoms with Gasteiger partial charge in [0.25, 0.3) is 0 Å². The Labute approximate surface area is 115 Å². The number of aliphatic hydroxyl groups excluding tert-OH is 1. The minimum absolute atomic E-state index is 0.217. The van der Waals surface area contributed by atoms with Crippen LogP contribution in [-0.2, 0) is 6.42 Å². The third kappa shape index (κ3) is 3.02. The van der Waals surface area contributed by atoms with Gasteiger partial charge in [-0.15, -0.1) is 0 Å². The lowest BCUT2D eigenvalue weighted by Crippen LogP contribution is -2.03. The van der Waals surface area contributed by atoms with Gasteiger partial charge in [-0.3, -0.25) is 0 Å². The van der Waals surface area contributed by atoms with Crippen molar-refractivity contribution >= 4 is 23.2 Å². The summed E-state index contributed by atoms with van der Waals surface area (Å²) >= 11 is 11.9. The predicted octanol–water partition coefficient (Wildman–Crippen LogP) is 4.41. The van der Waals surface area contributed by atoms with Crippen molar-refractivity contribution < 1.29 is 9.50 Å². The van der Waals surface area contributed by atoms with Crippen LogP contribution in [0.1, 0.15) is 17.2 Å². The molecule has 2 aromatic rings. The molecule has 0 spiro atoms. The summed E-state index contributed by atoms with van der Waals surface area (Å²) < 4.78 is 12.9. The van der Waals surface area contributed by atoms with Crippen LogP contribution in [0.5, 0.6) is 0 Å². The molecule has 0 saturated heterocycles. The maximum atomic E-state index is 12.9. The summed E-state index contributed by atoms with van der Waals surface area (Å²) in [5.74, 6) is -0.423. The minimum Gasteiger partial charge on any atom is -0.388 e. The van der Waals surface area contributed by atoms with Crippen LogP contribution in [0.3, 0.4) is 0 Å². The molecular weight excluding hydrogens is 274 g/mol. The van der Waals surface area contributed by atoms with Crippen LogP contribution in [0.2, 0.25) is 10.0 Å². The maximum Gasteiger partial charge on any atom is 0.124 e. The second kappa shape index (κ2) is 5.70. The summed E-state index contributed by atoms with van der Waals surface area (Å²) in [5.41, 5.74) is 1.32. The van der Waals surface area contributed by atoms with Crippen LogP contribution in [0.25, 0.3) is 0 Å². The van der Waals surface area contributed by atoms with E-state index in [4.69, 9.17) is 23.2 Å². The average Bonchev–Trinajstić information content (AvgIpc) is 2.32. The van der Waals surface area contributed by atoms with Crippen molar-refractivity contribution in [3.63, 3.8) is 0 Å². The van der Waals surface area contributed by atoms with Crippen LogP contribution in [0.4, 0.5) is 4.39 Å². The Morgan fingerprint density at radius 2 is 1.78 bits per heavy atom. The average molecular weight is 285 g/mol. The van der Waals surface area contributed by atoms with E-state index in [1.165, 1.54) is 18.2 Å². The van der Waals surface area contributed by atoms with E-state index in [2.05, 4.69) is 0 Å². The third-order valence-electron chi connectivity index (χ3n) is 2.69. The largest absolute Gasteiger partial charge is 0.388 e. The maximum absolute atomic E-state index is 12.9. The molecule has 2 aromatic carbocycles. The van der Waals surface area contributed by atoms with Crippen molar-refractivity contribution in [2.24, 2.45) is 0 Å². The van der Waals surface area contributed by atoms with Gasteiger partial charge in [-0.1, -0.05) is 47.5 Å². The van der Waals surface area contributed by atoms with E-state index < -0.39 is 11.9 Å². The molecule has 1 atom stereocenters. The number of hydrogen-bond acceptors (Lipinski definition) is 1. The summed E-state index contributed by atoms with van der Waals surface area (Å²) in [6, 6.07) is 11.2. The van der Waals surface area contributed by atoms with Gasteiger partial charge in [-0.2, -0.15) is 0 Å². The second-order valence-electron chi connectivity index (χ2n) is 3.98. The Bertz CT molecular complexity index is 557. The lowest BCUT2D eigenvalue weighted by Gasteiger charge is -2.13. The highest BCUT2D eigenvalue weighted by molar-refractivity contribution is 6.31. The third-order valence-corrected chi connectivity index (χ3v) is 3.39. The highest BCUT2D eigenvalue weighted by Gasteiger charge is 2.14. The normalized spacial score (nSPS) is 12.4. The van der Waals surface area contributed by atoms with E-state index in [-0.39, 0.29) is 5.02 Å². The molecule has 2 rings (SSSR count). The van der Waals surface area contributed by atoms with Crippen LogP contribution in [0, 0.1) is 5.82 Å². The molecule has 0 aliphatic carbocycles. The van der Waals surface area contributed by atoms with Gasteiger partial charge < -0.3 is 5.11 Å². The van der Waals surface area contributed by atoms with Crippen molar-refractivity contribution in [1.82, 2.24) is 0 Å². The van der Waals surface area contributed by atoms with Gasteiger partial charge in [0.2, 0.25) is 0 Å². The molecule has 4 heteroatoms. The Hall–Kier alpha value is -1.09. The molecule has 18 heavy (non-hydrogen) atoms. The van der Waals surface area contributed by atoms with Crippen molar-refractivity contribution in [3.05, 3.63) is 69.5 Å². The lowest BCUT2D eigenvalue weighted by atomic mass is 10.0. The monoisotopic (exact) mass is 284 g/mol. The first kappa shape index (κ1) is 13.3. The Kier molecular flexibility index (Phi) is 4.23. The molecule has 0 fully saturated rings. The lowest BCUT2D eigenvalue weighted by molar-refractivity contribution is 0.178. The molecule has 0 amide bonds. The Morgan fingerprint density at radius 1 is 1.06 bits per heavy atom. The van der Waals surface area contributed by atoms with Crippen LogP contribution in [0.15, 0.2) is 42.5 Å². The quantitative estimate of drug-likeness (QED) is 0.885. The molecule has 94 valence electrons. The molecular formula is C14H11Cl2FO. The summed E-state index contributed by atoms with van der Waals surface area (Å²) in [5, 5.41) is 10.9. The van der Waals surface area contributed by atoms with Gasteiger partial charge in [0.15, 0.2) is 0 Å². The van der Waals surface area contributed by atoms with Gasteiger partial charge in [0, 0.05) is 16.5 Å². The highest BCUT2D eigenvalue weighted by Crippen LogP contribution is 2.28. The van der Waals surface area contributed by atoms with Gasteiger partial charge >= 0.3 is 0 Å². The molecule has 0 aliphatic rings. The zero-order valence-electron chi connectivity index (χ0n) is 9.41. The van der Waals surface area contributed by atoms with Crippen LogP contribution < -0.4 is 0 Å². The van der Waals surface area contributed by atoms with Crippen molar-refractivity contribution in [1.29, 1.82) is 0 Å². The fourth-order valence-electron chi connectivity index (χ4n) is 1.75. The van der Waals surface area contributed by atoms with Gasteiger partial charge in [-0.05, 0) is 29.3 Å². The molecule has 0 aliphatic heterocycles. The van der Waals surface area contributed by atoms with Crippen LogP contribution >= 0.6 is 23.2 Å². The van der Waals surface area contributed by atoms with Crippen molar-refractivity contribution in [2.45, 2.75) is 12.5 Å². The molecule has 0 bridgehead atoms. The zero-order chi connectivity index (χ0) is 13.1. The van der Waals surface area contributed by atoms with E-state index in [9.17, 15) is 9.50 Å². The van der Waals surface area contributed by atoms with Crippen molar-refractivity contribution in [2.75, 3.05) is 0 Å². The summed E-state index contributed by atoms with van der Waals surface area (Å²) in [7, 11) is 0. The molecule has 0 radical (unpaired) electrons. The highest BCUT2D eigenvalue weighted by atomic mass is 35.5. The number of aliphatic hydroxyl groups is 1. The smallest absolute Gasteiger partial charge is 0.124 e. The molecule has 0 aromatic heterocycles. The summed E-state index contributed by atoms with van der Waals surface area (Å²) in [6.07, 6.45) is -0.469. The van der Waals surface area contributed by atoms with E-state index in [1.54, 1.807) is 6.07 Å². The fourth-order valence-corrected chi connectivity index (χ4v) is 2.26. The first-order chi connectivity index (χ1) is 8.58. The first-order valence-electron chi connectivity index (χ1n) is 5.44. The zero-order valence-corrected chi connectivity index (χ0v) is 10.9. The number of rotatable bonds is 3. The van der Waals surface area contributed by atoms with Crippen molar-refractivity contribution in [3.8, 4) is 0 Å². The molecule has 1 N–H and O–H groups in total. The fraction of sp³-hybridized carbons (Fsp3) is 0.143. The van der Waals surface area contributed by atoms with Gasteiger partial charge in [0.1, 0.15) is 5.82 Å². The number of hydrogen-bond donors (Lipinski definition) is 1. The molecule has 1 nitrogen and oxygen atoms in total. The van der Waals surface area contributed by atoms with Gasteiger partial charge in [0.05, 0.1) is 6.10 Å². The molecule has 1 unspecified atom stereocenters. The number of halogens is 3. The molecule has 0 saturated carbocycles. The van der Waals surface area contributed by atoms with E-state index >= 15 is 0 Å². The predicted molar refractivity (Wildman–Crippen MR) is 71.5 cm³/mol. The Balaban J connectivity index is 2.22. The Morgan fingerprint density at radius 3 is 2.44 bits per heavy atom. The van der Waals surface area contributed by atoms with Gasteiger partial charge in [-0.25, -0.2) is 4.39 Å². The first-order valence-corrected chi connectivity index (χ1v) is 6.20. The standard InChI is InChI=1S/C14H11Cl2FO/c15-12-4-2-1-3-9(12)7-14(18)11-6-5-10(17)8-13(11)16/h1-6,8,14,18H,7H2. The van der Waals surface area contributed by atoms with E-state index in [1.807, 2.05) is 18.2 Å². The number of benzene rings is 2. The van der Waals surface area contributed by atoms with Crippen LogP contribution in [-0.4, -0.2) is 5.11 Å². The summed E-state index contributed by atoms with van der Waals surface area (Å²) in [4.78, 5) is 0. The molecule has 0 heterocycles. The van der Waals surface area contributed by atoms with E-state index in [0.29, 0.717) is 17.0 Å². The minimum atomic E-state index is -0.807. The summed E-state index contributed by atoms with van der Waals surface area (Å²) in [6.45, 7) is 0. The second-order valence-corrected chi connectivity index (χ2v) is 4.79.